The predicted molar refractivity (Wildman–Crippen MR) is 71.6 cm³/mol. The molecular weight excluding hydrogens is 259 g/mol. The van der Waals surface area contributed by atoms with Gasteiger partial charge in [-0.15, -0.1) is 0 Å². The molecule has 1 heterocycles. The van der Waals surface area contributed by atoms with Crippen molar-refractivity contribution in [2.45, 2.75) is 32.1 Å². The maximum Gasteiger partial charge on any atom is 0.312 e. The smallest absolute Gasteiger partial charge is 0.312 e. The molecule has 1 aromatic heterocycles. The van der Waals surface area contributed by atoms with E-state index in [1.54, 1.807) is 16.8 Å². The van der Waals surface area contributed by atoms with Crippen molar-refractivity contribution in [2.75, 3.05) is 0 Å². The van der Waals surface area contributed by atoms with Crippen molar-refractivity contribution in [3.63, 3.8) is 0 Å². The van der Waals surface area contributed by atoms with E-state index in [9.17, 15) is 14.3 Å². The zero-order chi connectivity index (χ0) is 14.3. The van der Waals surface area contributed by atoms with Gasteiger partial charge in [0, 0.05) is 0 Å². The normalized spacial score (nSPS) is 17.8. The molecule has 3 rings (SSSR count). The first-order valence-corrected chi connectivity index (χ1v) is 6.65. The van der Waals surface area contributed by atoms with Crippen LogP contribution in [0.1, 0.15) is 35.7 Å². The van der Waals surface area contributed by atoms with E-state index in [0.29, 0.717) is 17.8 Å². The van der Waals surface area contributed by atoms with E-state index in [1.807, 2.05) is 6.92 Å². The van der Waals surface area contributed by atoms with Crippen LogP contribution in [0.4, 0.5) is 4.39 Å². The van der Waals surface area contributed by atoms with E-state index in [4.69, 9.17) is 0 Å². The number of nitrogens with zero attached hydrogens (tertiary/aromatic N) is 2. The molecule has 4 nitrogen and oxygen atoms in total. The van der Waals surface area contributed by atoms with Crippen LogP contribution in [0.2, 0.25) is 0 Å². The van der Waals surface area contributed by atoms with Gasteiger partial charge >= 0.3 is 5.97 Å². The number of carbonyl (C=O) groups is 1. The number of carboxylic acids is 1. The highest BCUT2D eigenvalue weighted by atomic mass is 19.1. The number of benzene rings is 1. The van der Waals surface area contributed by atoms with E-state index < -0.39 is 11.9 Å². The van der Waals surface area contributed by atoms with Crippen molar-refractivity contribution in [3.05, 3.63) is 47.0 Å². The second-order valence-electron chi connectivity index (χ2n) is 5.12. The third-order valence-electron chi connectivity index (χ3n) is 3.82. The molecule has 1 aliphatic carbocycles. The van der Waals surface area contributed by atoms with E-state index >= 15 is 0 Å². The Labute approximate surface area is 115 Å². The Bertz CT molecular complexity index is 679. The van der Waals surface area contributed by atoms with Crippen molar-refractivity contribution in [1.82, 2.24) is 9.78 Å². The van der Waals surface area contributed by atoms with Gasteiger partial charge in [-0.3, -0.25) is 4.79 Å². The highest BCUT2D eigenvalue weighted by Gasteiger charge is 2.32. The van der Waals surface area contributed by atoms with E-state index in [2.05, 4.69) is 5.10 Å². The monoisotopic (exact) mass is 274 g/mol. The average molecular weight is 274 g/mol. The first-order valence-electron chi connectivity index (χ1n) is 6.65. The lowest BCUT2D eigenvalue weighted by molar-refractivity contribution is -0.139. The topological polar surface area (TPSA) is 55.1 Å². The molecule has 20 heavy (non-hydrogen) atoms. The van der Waals surface area contributed by atoms with Gasteiger partial charge < -0.3 is 5.11 Å². The highest BCUT2D eigenvalue weighted by molar-refractivity contribution is 5.76. The molecule has 1 aliphatic rings. The van der Waals surface area contributed by atoms with Gasteiger partial charge in [-0.05, 0) is 49.9 Å². The molecule has 104 valence electrons. The molecule has 1 atom stereocenters. The molecule has 5 heteroatoms. The summed E-state index contributed by atoms with van der Waals surface area (Å²) in [7, 11) is 0. The third kappa shape index (κ3) is 1.99. The molecule has 0 fully saturated rings. The predicted octanol–water partition coefficient (Wildman–Crippen LogP) is 2.82. The van der Waals surface area contributed by atoms with Crippen molar-refractivity contribution >= 4 is 5.97 Å². The van der Waals surface area contributed by atoms with Gasteiger partial charge in [0.2, 0.25) is 0 Å². The number of rotatable bonds is 2. The number of fused-ring (bicyclic) bond motifs is 1. The lowest BCUT2D eigenvalue weighted by Crippen LogP contribution is -2.21. The minimum absolute atomic E-state index is 0.355. The van der Waals surface area contributed by atoms with Crippen LogP contribution in [-0.2, 0) is 11.2 Å². The lowest BCUT2D eigenvalue weighted by atomic mass is 9.86. The Morgan fingerprint density at radius 3 is 3.00 bits per heavy atom. The second kappa shape index (κ2) is 4.74. The first-order chi connectivity index (χ1) is 9.58. The van der Waals surface area contributed by atoms with Crippen molar-refractivity contribution in [3.8, 4) is 5.69 Å². The van der Waals surface area contributed by atoms with Crippen LogP contribution in [0, 0.1) is 12.7 Å². The molecule has 1 unspecified atom stereocenters. The van der Waals surface area contributed by atoms with Crippen molar-refractivity contribution in [2.24, 2.45) is 0 Å². The molecule has 0 radical (unpaired) electrons. The molecule has 1 N–H and O–H groups in total. The minimum Gasteiger partial charge on any atom is -0.481 e. The van der Waals surface area contributed by atoms with E-state index in [-0.39, 0.29) is 5.82 Å². The van der Waals surface area contributed by atoms with Crippen LogP contribution in [0.25, 0.3) is 5.69 Å². The fraction of sp³-hybridized carbons (Fsp3) is 0.333. The summed E-state index contributed by atoms with van der Waals surface area (Å²) in [6.07, 6.45) is 2.28. The molecule has 1 aromatic carbocycles. The summed E-state index contributed by atoms with van der Waals surface area (Å²) < 4.78 is 15.0. The summed E-state index contributed by atoms with van der Waals surface area (Å²) in [5, 5.41) is 13.8. The molecule has 0 spiro atoms. The summed E-state index contributed by atoms with van der Waals surface area (Å²) in [5.74, 6) is -1.76. The summed E-state index contributed by atoms with van der Waals surface area (Å²) in [6.45, 7) is 1.87. The largest absolute Gasteiger partial charge is 0.481 e. The Balaban J connectivity index is 2.20. The van der Waals surface area contributed by atoms with Crippen LogP contribution in [0.15, 0.2) is 24.3 Å². The molecule has 0 saturated heterocycles. The molecule has 0 bridgehead atoms. The molecular formula is C15H15FN2O2. The zero-order valence-corrected chi connectivity index (χ0v) is 11.1. The van der Waals surface area contributed by atoms with Gasteiger partial charge in [0.1, 0.15) is 5.82 Å². The van der Waals surface area contributed by atoms with Gasteiger partial charge in [-0.1, -0.05) is 6.07 Å². The van der Waals surface area contributed by atoms with Crippen molar-refractivity contribution in [1.29, 1.82) is 0 Å². The Kier molecular flexibility index (Phi) is 3.04. The molecule has 0 saturated carbocycles. The third-order valence-corrected chi connectivity index (χ3v) is 3.82. The summed E-state index contributed by atoms with van der Waals surface area (Å²) >= 11 is 0. The van der Waals surface area contributed by atoms with Gasteiger partial charge in [-0.2, -0.15) is 5.10 Å². The van der Waals surface area contributed by atoms with Crippen LogP contribution in [0.3, 0.4) is 0 Å². The SMILES string of the molecule is Cc1nn(-c2cccc(F)c2)c2c1CCCC2C(=O)O. The standard InChI is InChI=1S/C15H15FN2O2/c1-9-12-6-3-7-13(15(19)20)14(12)18(17-9)11-5-2-4-10(16)8-11/h2,4-5,8,13H,3,6-7H2,1H3,(H,19,20). The Hall–Kier alpha value is -2.17. The van der Waals surface area contributed by atoms with Gasteiger partial charge in [-0.25, -0.2) is 9.07 Å². The maximum absolute atomic E-state index is 13.4. The Morgan fingerprint density at radius 2 is 2.30 bits per heavy atom. The lowest BCUT2D eigenvalue weighted by Gasteiger charge is -2.21. The number of aryl methyl sites for hydroxylation is 1. The van der Waals surface area contributed by atoms with Crippen molar-refractivity contribution < 1.29 is 14.3 Å². The van der Waals surface area contributed by atoms with Crippen LogP contribution >= 0.6 is 0 Å². The molecule has 0 aliphatic heterocycles. The molecule has 0 amide bonds. The zero-order valence-electron chi connectivity index (χ0n) is 11.1. The minimum atomic E-state index is -0.844. The average Bonchev–Trinajstić information content (AvgIpc) is 2.76. The number of aromatic nitrogens is 2. The second-order valence-corrected chi connectivity index (χ2v) is 5.12. The molecule has 2 aromatic rings. The number of carboxylic acid groups (broad SMARTS) is 1. The number of halogens is 1. The van der Waals surface area contributed by atoms with E-state index in [1.165, 1.54) is 12.1 Å². The Morgan fingerprint density at radius 1 is 1.50 bits per heavy atom. The highest BCUT2D eigenvalue weighted by Crippen LogP contribution is 2.35. The first kappa shape index (κ1) is 12.8. The van der Waals surface area contributed by atoms with Crippen LogP contribution < -0.4 is 0 Å². The summed E-state index contributed by atoms with van der Waals surface area (Å²) in [6, 6.07) is 6.08. The number of hydrogen-bond acceptors (Lipinski definition) is 2. The fourth-order valence-electron chi connectivity index (χ4n) is 2.91. The van der Waals surface area contributed by atoms with Crippen LogP contribution in [-0.4, -0.2) is 20.9 Å². The van der Waals surface area contributed by atoms with Crippen LogP contribution in [0.5, 0.6) is 0 Å². The van der Waals surface area contributed by atoms with E-state index in [0.717, 1.165) is 24.1 Å². The summed E-state index contributed by atoms with van der Waals surface area (Å²) in [5.41, 5.74) is 3.09. The number of aliphatic carboxylic acids is 1. The fourth-order valence-corrected chi connectivity index (χ4v) is 2.91. The quantitative estimate of drug-likeness (QED) is 0.916. The number of hydrogen-bond donors (Lipinski definition) is 1. The maximum atomic E-state index is 13.4. The summed E-state index contributed by atoms with van der Waals surface area (Å²) in [4.78, 5) is 11.5. The van der Waals surface area contributed by atoms with Gasteiger partial charge in [0.25, 0.3) is 0 Å². The van der Waals surface area contributed by atoms with Gasteiger partial charge in [0.05, 0.1) is 23.0 Å². The van der Waals surface area contributed by atoms with Gasteiger partial charge in [0.15, 0.2) is 0 Å².